The summed E-state index contributed by atoms with van der Waals surface area (Å²) in [5, 5.41) is 3.81. The van der Waals surface area contributed by atoms with Crippen molar-refractivity contribution in [3.63, 3.8) is 0 Å². The van der Waals surface area contributed by atoms with Crippen LogP contribution in [0.25, 0.3) is 5.82 Å². The predicted molar refractivity (Wildman–Crippen MR) is 55.7 cm³/mol. The van der Waals surface area contributed by atoms with Crippen LogP contribution in [0.4, 0.5) is 0 Å². The monoisotopic (exact) mass is 235 g/mol. The minimum atomic E-state index is -0.670. The second-order valence-electron chi connectivity index (χ2n) is 3.17. The molecule has 17 heavy (non-hydrogen) atoms. The zero-order chi connectivity index (χ0) is 12.4. The van der Waals surface area contributed by atoms with Crippen molar-refractivity contribution in [2.45, 2.75) is 0 Å². The lowest BCUT2D eigenvalue weighted by Crippen LogP contribution is -2.23. The number of hydrogen-bond acceptors (Lipinski definition) is 6. The van der Waals surface area contributed by atoms with Gasteiger partial charge in [-0.2, -0.15) is 4.68 Å². The van der Waals surface area contributed by atoms with Gasteiger partial charge in [-0.25, -0.2) is 14.8 Å². The van der Waals surface area contributed by atoms with Gasteiger partial charge in [-0.05, 0) is 0 Å². The summed E-state index contributed by atoms with van der Waals surface area (Å²) in [6.45, 7) is 0. The highest BCUT2D eigenvalue weighted by Crippen LogP contribution is 1.97. The van der Waals surface area contributed by atoms with Crippen LogP contribution in [0.3, 0.4) is 0 Å². The summed E-state index contributed by atoms with van der Waals surface area (Å²) in [7, 11) is 2.81. The first kappa shape index (κ1) is 11.0. The Hall–Kier alpha value is -2.51. The van der Waals surface area contributed by atoms with Gasteiger partial charge in [0.25, 0.3) is 11.4 Å². The van der Waals surface area contributed by atoms with Gasteiger partial charge in [0.2, 0.25) is 5.82 Å². The van der Waals surface area contributed by atoms with Crippen LogP contribution in [0, 0.1) is 0 Å². The van der Waals surface area contributed by atoms with Gasteiger partial charge in [-0.3, -0.25) is 4.79 Å². The van der Waals surface area contributed by atoms with Gasteiger partial charge >= 0.3 is 5.97 Å². The summed E-state index contributed by atoms with van der Waals surface area (Å²) in [6.07, 6.45) is 4.20. The molecule has 2 rings (SSSR count). The van der Waals surface area contributed by atoms with E-state index in [1.165, 1.54) is 30.4 Å². The number of nitrogens with zero attached hydrogens (tertiary/aromatic N) is 5. The van der Waals surface area contributed by atoms with Crippen molar-refractivity contribution in [3.8, 4) is 5.82 Å². The van der Waals surface area contributed by atoms with E-state index in [0.29, 0.717) is 0 Å². The van der Waals surface area contributed by atoms with Crippen molar-refractivity contribution < 1.29 is 9.53 Å². The summed E-state index contributed by atoms with van der Waals surface area (Å²) >= 11 is 0. The molecule has 2 aromatic heterocycles. The number of ether oxygens (including phenoxy) is 1. The zero-order valence-electron chi connectivity index (χ0n) is 9.19. The molecule has 0 fully saturated rings. The molecule has 8 heteroatoms. The van der Waals surface area contributed by atoms with Crippen molar-refractivity contribution in [1.82, 2.24) is 24.3 Å². The number of methoxy groups -OCH3 is 1. The molecule has 8 nitrogen and oxygen atoms in total. The highest BCUT2D eigenvalue weighted by Gasteiger charge is 2.14. The quantitative estimate of drug-likeness (QED) is 0.629. The molecule has 0 aliphatic carbocycles. The molecule has 0 radical (unpaired) electrons. The number of carbonyl (C=O) groups excluding carboxylic acids is 1. The van der Waals surface area contributed by atoms with Crippen molar-refractivity contribution in [1.29, 1.82) is 0 Å². The molecule has 0 amide bonds. The smallest absolute Gasteiger partial charge is 0.377 e. The summed E-state index contributed by atoms with van der Waals surface area (Å²) in [5.74, 6) is -0.727. The van der Waals surface area contributed by atoms with Crippen molar-refractivity contribution in [3.05, 3.63) is 34.9 Å². The average molecular weight is 235 g/mol. The van der Waals surface area contributed by atoms with E-state index in [2.05, 4.69) is 19.8 Å². The lowest BCUT2D eigenvalue weighted by Gasteiger charge is -2.00. The number of hydrogen-bond donors (Lipinski definition) is 0. The third kappa shape index (κ3) is 1.92. The molecule has 0 unspecified atom stereocenters. The van der Waals surface area contributed by atoms with Crippen LogP contribution in [-0.4, -0.2) is 37.4 Å². The Bertz CT molecular complexity index is 615. The molecule has 0 spiro atoms. The number of aryl methyl sites for hydroxylation is 1. The molecular weight excluding hydrogens is 226 g/mol. The minimum Gasteiger partial charge on any atom is -0.463 e. The lowest BCUT2D eigenvalue weighted by molar-refractivity contribution is 0.0587. The van der Waals surface area contributed by atoms with E-state index in [-0.39, 0.29) is 17.2 Å². The van der Waals surface area contributed by atoms with Crippen LogP contribution in [0.15, 0.2) is 23.5 Å². The van der Waals surface area contributed by atoms with E-state index in [9.17, 15) is 9.59 Å². The normalized spacial score (nSPS) is 10.2. The average Bonchev–Trinajstić information content (AvgIpc) is 2.81. The number of carbonyl (C=O) groups is 1. The first-order chi connectivity index (χ1) is 8.13. The van der Waals surface area contributed by atoms with Gasteiger partial charge < -0.3 is 9.30 Å². The Morgan fingerprint density at radius 2 is 2.18 bits per heavy atom. The van der Waals surface area contributed by atoms with E-state index in [1.54, 1.807) is 7.05 Å². The van der Waals surface area contributed by atoms with E-state index < -0.39 is 5.97 Å². The van der Waals surface area contributed by atoms with Gasteiger partial charge in [0, 0.05) is 19.4 Å². The summed E-state index contributed by atoms with van der Waals surface area (Å²) in [6, 6.07) is 0. The molecule has 2 aromatic rings. The van der Waals surface area contributed by atoms with Crippen LogP contribution in [0.5, 0.6) is 0 Å². The van der Waals surface area contributed by atoms with E-state index >= 15 is 0 Å². The zero-order valence-corrected chi connectivity index (χ0v) is 9.19. The highest BCUT2D eigenvalue weighted by molar-refractivity contribution is 5.84. The fourth-order valence-electron chi connectivity index (χ4n) is 1.19. The standard InChI is InChI=1S/C9H9N5O3/c1-13-4-3-10-7(8(13)15)14-5-11-6(12-14)9(16)17-2/h3-5H,1-2H3. The minimum absolute atomic E-state index is 0.0673. The van der Waals surface area contributed by atoms with E-state index in [0.717, 1.165) is 4.68 Å². The van der Waals surface area contributed by atoms with Crippen molar-refractivity contribution in [2.24, 2.45) is 7.05 Å². The lowest BCUT2D eigenvalue weighted by atomic mass is 10.6. The third-order valence-electron chi connectivity index (χ3n) is 2.08. The maximum absolute atomic E-state index is 11.7. The second kappa shape index (κ2) is 4.16. The summed E-state index contributed by atoms with van der Waals surface area (Å²) in [5.41, 5.74) is -0.339. The van der Waals surface area contributed by atoms with Crippen LogP contribution in [0.2, 0.25) is 0 Å². The second-order valence-corrected chi connectivity index (χ2v) is 3.17. The molecule has 2 heterocycles. The molecule has 0 atom stereocenters. The first-order valence-corrected chi connectivity index (χ1v) is 4.65. The predicted octanol–water partition coefficient (Wildman–Crippen LogP) is -0.852. The Morgan fingerprint density at radius 3 is 2.88 bits per heavy atom. The first-order valence-electron chi connectivity index (χ1n) is 4.65. The van der Waals surface area contributed by atoms with Crippen molar-refractivity contribution >= 4 is 5.97 Å². The molecule has 88 valence electrons. The maximum atomic E-state index is 11.7. The molecule has 0 aliphatic rings. The fourth-order valence-corrected chi connectivity index (χ4v) is 1.19. The van der Waals surface area contributed by atoms with Crippen LogP contribution < -0.4 is 5.56 Å². The molecule has 0 bridgehead atoms. The van der Waals surface area contributed by atoms with E-state index in [1.807, 2.05) is 0 Å². The van der Waals surface area contributed by atoms with E-state index in [4.69, 9.17) is 0 Å². The van der Waals surface area contributed by atoms with Gasteiger partial charge in [0.1, 0.15) is 6.33 Å². The Morgan fingerprint density at radius 1 is 1.41 bits per heavy atom. The molecule has 0 aliphatic heterocycles. The van der Waals surface area contributed by atoms with Gasteiger partial charge in [0.15, 0.2) is 0 Å². The van der Waals surface area contributed by atoms with Crippen LogP contribution in [0.1, 0.15) is 10.6 Å². The van der Waals surface area contributed by atoms with Gasteiger partial charge in [-0.15, -0.1) is 5.10 Å². The summed E-state index contributed by atoms with van der Waals surface area (Å²) < 4.78 is 6.94. The fraction of sp³-hybridized carbons (Fsp3) is 0.222. The number of esters is 1. The van der Waals surface area contributed by atoms with Crippen molar-refractivity contribution in [2.75, 3.05) is 7.11 Å². The topological polar surface area (TPSA) is 91.9 Å². The van der Waals surface area contributed by atoms with Gasteiger partial charge in [-0.1, -0.05) is 0 Å². The third-order valence-corrected chi connectivity index (χ3v) is 2.08. The number of rotatable bonds is 2. The van der Waals surface area contributed by atoms with Crippen LogP contribution in [-0.2, 0) is 11.8 Å². The Labute approximate surface area is 95.5 Å². The van der Waals surface area contributed by atoms with Gasteiger partial charge in [0.05, 0.1) is 7.11 Å². The SMILES string of the molecule is COC(=O)c1ncn(-c2nccn(C)c2=O)n1. The Kier molecular flexibility index (Phi) is 2.69. The maximum Gasteiger partial charge on any atom is 0.377 e. The molecule has 0 N–H and O–H groups in total. The van der Waals surface area contributed by atoms with Crippen LogP contribution >= 0.6 is 0 Å². The molecular formula is C9H9N5O3. The molecule has 0 saturated heterocycles. The summed E-state index contributed by atoms with van der Waals surface area (Å²) in [4.78, 5) is 30.5. The highest BCUT2D eigenvalue weighted by atomic mass is 16.5. The Balaban J connectivity index is 2.48. The molecule has 0 aromatic carbocycles. The number of aromatic nitrogens is 5. The molecule has 0 saturated carbocycles. The largest absolute Gasteiger partial charge is 0.463 e.